The molecule has 3 aromatic rings. The molecule has 130 valence electrons. The lowest BCUT2D eigenvalue weighted by molar-refractivity contribution is 0.0934. The lowest BCUT2D eigenvalue weighted by Crippen LogP contribution is -2.33. The third kappa shape index (κ3) is 3.97. The second kappa shape index (κ2) is 7.62. The average molecular weight is 357 g/mol. The summed E-state index contributed by atoms with van der Waals surface area (Å²) in [5, 5.41) is 4.34. The van der Waals surface area contributed by atoms with Gasteiger partial charge in [0, 0.05) is 16.9 Å². The van der Waals surface area contributed by atoms with Gasteiger partial charge in [0.15, 0.2) is 0 Å². The van der Waals surface area contributed by atoms with Crippen molar-refractivity contribution in [1.29, 1.82) is 0 Å². The molecule has 0 spiro atoms. The van der Waals surface area contributed by atoms with E-state index in [1.165, 1.54) is 5.56 Å². The molecule has 0 saturated carbocycles. The highest BCUT2D eigenvalue weighted by molar-refractivity contribution is 6.38. The van der Waals surface area contributed by atoms with Crippen molar-refractivity contribution in [3.05, 3.63) is 64.8 Å². The van der Waals surface area contributed by atoms with Gasteiger partial charge in [-0.2, -0.15) is 0 Å². The molecule has 0 aliphatic heterocycles. The fourth-order valence-electron chi connectivity index (χ4n) is 2.81. The number of benzene rings is 2. The number of ether oxygens (including phenoxy) is 1. The van der Waals surface area contributed by atoms with Gasteiger partial charge >= 0.3 is 0 Å². The van der Waals surface area contributed by atoms with Crippen LogP contribution in [0, 0.1) is 0 Å². The van der Waals surface area contributed by atoms with Crippen LogP contribution >= 0.6 is 11.6 Å². The Balaban J connectivity index is 1.60. The van der Waals surface area contributed by atoms with Crippen molar-refractivity contribution < 1.29 is 9.53 Å². The second-order valence-electron chi connectivity index (χ2n) is 6.12. The van der Waals surface area contributed by atoms with Crippen LogP contribution in [0.25, 0.3) is 10.9 Å². The average Bonchev–Trinajstić information content (AvgIpc) is 2.98. The van der Waals surface area contributed by atoms with Crippen molar-refractivity contribution in [1.82, 2.24) is 10.3 Å². The Hall–Kier alpha value is -2.46. The monoisotopic (exact) mass is 356 g/mol. The molecule has 0 saturated heterocycles. The number of aromatic amines is 1. The molecule has 1 aromatic heterocycles. The van der Waals surface area contributed by atoms with Crippen molar-refractivity contribution in [3.63, 3.8) is 0 Å². The van der Waals surface area contributed by atoms with Crippen LogP contribution in [0.5, 0.6) is 5.75 Å². The van der Waals surface area contributed by atoms with Crippen LogP contribution in [-0.4, -0.2) is 24.0 Å². The Morgan fingerprint density at radius 3 is 2.60 bits per heavy atom. The predicted molar refractivity (Wildman–Crippen MR) is 102 cm³/mol. The maximum Gasteiger partial charge on any atom is 0.269 e. The zero-order valence-electron chi connectivity index (χ0n) is 14.3. The third-order valence-corrected chi connectivity index (χ3v) is 4.66. The highest BCUT2D eigenvalue weighted by Crippen LogP contribution is 2.27. The highest BCUT2D eigenvalue weighted by Gasteiger charge is 2.17. The van der Waals surface area contributed by atoms with Gasteiger partial charge in [-0.15, -0.1) is 0 Å². The molecule has 2 N–H and O–H groups in total. The molecule has 3 rings (SSSR count). The molecule has 25 heavy (non-hydrogen) atoms. The van der Waals surface area contributed by atoms with E-state index < -0.39 is 0 Å². The number of nitrogens with one attached hydrogen (secondary N) is 2. The summed E-state index contributed by atoms with van der Waals surface area (Å²) in [6.07, 6.45) is 1.72. The van der Waals surface area contributed by atoms with Gasteiger partial charge in [0.25, 0.3) is 5.91 Å². The first-order chi connectivity index (χ1) is 12.1. The Morgan fingerprint density at radius 2 is 1.92 bits per heavy atom. The molecule has 0 radical (unpaired) electrons. The number of fused-ring (bicyclic) bond motifs is 1. The summed E-state index contributed by atoms with van der Waals surface area (Å²) < 4.78 is 5.16. The van der Waals surface area contributed by atoms with Crippen molar-refractivity contribution in [2.75, 3.05) is 7.11 Å². The standard InChI is InChI=1S/C20H21ClN2O2/c1-13(7-8-14-9-11-15(25-2)12-10-14)22-20(24)19-18(21)16-5-3-4-6-17(16)23-19/h3-6,9-13,23H,7-8H2,1-2H3,(H,22,24). The summed E-state index contributed by atoms with van der Waals surface area (Å²) in [5.41, 5.74) is 2.49. The maximum absolute atomic E-state index is 12.5. The third-order valence-electron chi connectivity index (χ3n) is 4.27. The molecule has 0 aliphatic rings. The maximum atomic E-state index is 12.5. The number of para-hydroxylation sites is 1. The first-order valence-electron chi connectivity index (χ1n) is 8.28. The number of H-pyrrole nitrogens is 1. The van der Waals surface area contributed by atoms with Crippen LogP contribution in [-0.2, 0) is 6.42 Å². The number of carbonyl (C=O) groups is 1. The van der Waals surface area contributed by atoms with E-state index in [1.54, 1.807) is 7.11 Å². The number of carbonyl (C=O) groups excluding carboxylic acids is 1. The molecule has 1 unspecified atom stereocenters. The summed E-state index contributed by atoms with van der Waals surface area (Å²) in [4.78, 5) is 15.6. The van der Waals surface area contributed by atoms with Crippen molar-refractivity contribution in [2.24, 2.45) is 0 Å². The van der Waals surface area contributed by atoms with E-state index in [0.29, 0.717) is 10.7 Å². The number of amides is 1. The zero-order valence-corrected chi connectivity index (χ0v) is 15.1. The number of aryl methyl sites for hydroxylation is 1. The van der Waals surface area contributed by atoms with Crippen LogP contribution in [0.4, 0.5) is 0 Å². The molecular formula is C20H21ClN2O2. The normalized spacial score (nSPS) is 12.1. The Labute approximate surface area is 152 Å². The number of rotatable bonds is 6. The lowest BCUT2D eigenvalue weighted by atomic mass is 10.1. The van der Waals surface area contributed by atoms with Crippen LogP contribution < -0.4 is 10.1 Å². The van der Waals surface area contributed by atoms with E-state index in [-0.39, 0.29) is 11.9 Å². The van der Waals surface area contributed by atoms with Gasteiger partial charge in [-0.25, -0.2) is 0 Å². The van der Waals surface area contributed by atoms with Crippen molar-refractivity contribution in [3.8, 4) is 5.75 Å². The summed E-state index contributed by atoms with van der Waals surface area (Å²) in [6.45, 7) is 2.00. The van der Waals surface area contributed by atoms with Gasteiger partial charge in [-0.3, -0.25) is 4.79 Å². The quantitative estimate of drug-likeness (QED) is 0.679. The van der Waals surface area contributed by atoms with Crippen LogP contribution in [0.1, 0.15) is 29.4 Å². The number of hydrogen-bond donors (Lipinski definition) is 2. The molecule has 1 heterocycles. The predicted octanol–water partition coefficient (Wildman–Crippen LogP) is 4.58. The van der Waals surface area contributed by atoms with Crippen molar-refractivity contribution in [2.45, 2.75) is 25.8 Å². The molecule has 5 heteroatoms. The van der Waals surface area contributed by atoms with Gasteiger partial charge < -0.3 is 15.0 Å². The topological polar surface area (TPSA) is 54.1 Å². The first kappa shape index (κ1) is 17.4. The smallest absolute Gasteiger partial charge is 0.269 e. The zero-order chi connectivity index (χ0) is 17.8. The van der Waals surface area contributed by atoms with Gasteiger partial charge in [0.1, 0.15) is 11.4 Å². The van der Waals surface area contributed by atoms with E-state index in [1.807, 2.05) is 55.5 Å². The Morgan fingerprint density at radius 1 is 1.20 bits per heavy atom. The van der Waals surface area contributed by atoms with E-state index in [4.69, 9.17) is 16.3 Å². The van der Waals surface area contributed by atoms with Gasteiger partial charge in [-0.1, -0.05) is 41.9 Å². The van der Waals surface area contributed by atoms with E-state index in [0.717, 1.165) is 29.5 Å². The lowest BCUT2D eigenvalue weighted by Gasteiger charge is -2.13. The minimum atomic E-state index is -0.177. The fraction of sp³-hybridized carbons (Fsp3) is 0.250. The van der Waals surface area contributed by atoms with Crippen LogP contribution in [0.15, 0.2) is 48.5 Å². The van der Waals surface area contributed by atoms with Crippen molar-refractivity contribution >= 4 is 28.4 Å². The van der Waals surface area contributed by atoms with Gasteiger partial charge in [0.05, 0.1) is 12.1 Å². The summed E-state index contributed by atoms with van der Waals surface area (Å²) >= 11 is 6.33. The summed E-state index contributed by atoms with van der Waals surface area (Å²) in [5.74, 6) is 0.669. The Kier molecular flexibility index (Phi) is 5.29. The van der Waals surface area contributed by atoms with Gasteiger partial charge in [0.2, 0.25) is 0 Å². The summed E-state index contributed by atoms with van der Waals surface area (Å²) in [7, 11) is 1.65. The largest absolute Gasteiger partial charge is 0.497 e. The van der Waals surface area contributed by atoms with E-state index >= 15 is 0 Å². The molecule has 4 nitrogen and oxygen atoms in total. The molecule has 1 atom stereocenters. The van der Waals surface area contributed by atoms with Crippen LogP contribution in [0.2, 0.25) is 5.02 Å². The number of hydrogen-bond acceptors (Lipinski definition) is 2. The Bertz CT molecular complexity index is 871. The fourth-order valence-corrected chi connectivity index (χ4v) is 3.11. The molecule has 1 amide bonds. The minimum absolute atomic E-state index is 0.0390. The van der Waals surface area contributed by atoms with E-state index in [2.05, 4.69) is 10.3 Å². The number of methoxy groups -OCH3 is 1. The first-order valence-corrected chi connectivity index (χ1v) is 8.66. The number of aromatic nitrogens is 1. The molecule has 0 bridgehead atoms. The molecule has 0 aliphatic carbocycles. The summed E-state index contributed by atoms with van der Waals surface area (Å²) in [6, 6.07) is 15.6. The van der Waals surface area contributed by atoms with Gasteiger partial charge in [-0.05, 0) is 43.5 Å². The van der Waals surface area contributed by atoms with Crippen LogP contribution in [0.3, 0.4) is 0 Å². The number of halogens is 1. The SMILES string of the molecule is COc1ccc(CCC(C)NC(=O)c2[nH]c3ccccc3c2Cl)cc1. The highest BCUT2D eigenvalue weighted by atomic mass is 35.5. The molecule has 2 aromatic carbocycles. The second-order valence-corrected chi connectivity index (χ2v) is 6.50. The minimum Gasteiger partial charge on any atom is -0.497 e. The molecule has 0 fully saturated rings. The molecular weight excluding hydrogens is 336 g/mol. The van der Waals surface area contributed by atoms with E-state index in [9.17, 15) is 4.79 Å².